The van der Waals surface area contributed by atoms with Gasteiger partial charge in [-0.25, -0.2) is 4.98 Å². The van der Waals surface area contributed by atoms with Gasteiger partial charge in [0.05, 0.1) is 29.6 Å². The number of aromatic nitrogens is 2. The third-order valence-corrected chi connectivity index (χ3v) is 4.26. The number of H-pyrrole nitrogens is 1. The summed E-state index contributed by atoms with van der Waals surface area (Å²) in [6.07, 6.45) is 1.49. The fourth-order valence-corrected chi connectivity index (χ4v) is 2.84. The molecule has 0 bridgehead atoms. The summed E-state index contributed by atoms with van der Waals surface area (Å²) in [5.41, 5.74) is 0.579. The predicted octanol–water partition coefficient (Wildman–Crippen LogP) is 2.27. The highest BCUT2D eigenvalue weighted by Gasteiger charge is 2.26. The van der Waals surface area contributed by atoms with E-state index in [9.17, 15) is 9.90 Å². The molecule has 1 atom stereocenters. The number of imidazole rings is 1. The van der Waals surface area contributed by atoms with Crippen LogP contribution < -0.4 is 5.32 Å². The summed E-state index contributed by atoms with van der Waals surface area (Å²) in [6, 6.07) is 11.1. The quantitative estimate of drug-likeness (QED) is 0.603. The van der Waals surface area contributed by atoms with Crippen molar-refractivity contribution in [3.8, 4) is 0 Å². The first-order valence-corrected chi connectivity index (χ1v) is 8.14. The van der Waals surface area contributed by atoms with Gasteiger partial charge in [-0.05, 0) is 31.2 Å². The van der Waals surface area contributed by atoms with Crippen molar-refractivity contribution in [1.29, 1.82) is 0 Å². The third kappa shape index (κ3) is 3.75. The molecule has 3 rings (SSSR count). The van der Waals surface area contributed by atoms with Crippen LogP contribution >= 0.6 is 11.8 Å². The Balaban J connectivity index is 1.51. The van der Waals surface area contributed by atoms with Gasteiger partial charge in [0.25, 0.3) is 0 Å². The maximum absolute atomic E-state index is 11.9. The summed E-state index contributed by atoms with van der Waals surface area (Å²) in [7, 11) is 0. The van der Waals surface area contributed by atoms with Crippen molar-refractivity contribution in [2.75, 3.05) is 12.3 Å². The molecule has 0 spiro atoms. The van der Waals surface area contributed by atoms with Gasteiger partial charge in [-0.15, -0.1) is 0 Å². The van der Waals surface area contributed by atoms with E-state index >= 15 is 0 Å². The molecule has 0 fully saturated rings. The number of carbonyl (C=O) groups excluding carboxylic acids is 1. The van der Waals surface area contributed by atoms with Gasteiger partial charge in [-0.2, -0.15) is 0 Å². The summed E-state index contributed by atoms with van der Waals surface area (Å²) in [4.78, 5) is 19.5. The fourth-order valence-electron chi connectivity index (χ4n) is 2.13. The number of thioether (sulfide) groups is 1. The summed E-state index contributed by atoms with van der Waals surface area (Å²) < 4.78 is 5.17. The lowest BCUT2D eigenvalue weighted by Gasteiger charge is -2.20. The Morgan fingerprint density at radius 2 is 2.22 bits per heavy atom. The lowest BCUT2D eigenvalue weighted by Crippen LogP contribution is -2.39. The number of furan rings is 1. The van der Waals surface area contributed by atoms with Gasteiger partial charge in [-0.1, -0.05) is 23.9 Å². The Hall–Kier alpha value is -2.25. The van der Waals surface area contributed by atoms with E-state index < -0.39 is 5.60 Å². The van der Waals surface area contributed by atoms with Crippen LogP contribution in [0.2, 0.25) is 0 Å². The molecule has 6 nitrogen and oxygen atoms in total. The standard InChI is InChI=1S/C16H17N3O3S/c1-16(21,13-7-4-8-22-13)10-17-14(20)9-23-15-18-11-5-2-3-6-12(11)19-15/h2-8,21H,9-10H2,1H3,(H,17,20)(H,18,19). The monoisotopic (exact) mass is 331 g/mol. The van der Waals surface area contributed by atoms with Gasteiger partial charge in [-0.3, -0.25) is 4.79 Å². The zero-order valence-corrected chi connectivity index (χ0v) is 13.4. The molecule has 1 unspecified atom stereocenters. The van der Waals surface area contributed by atoms with E-state index in [0.717, 1.165) is 11.0 Å². The highest BCUT2D eigenvalue weighted by molar-refractivity contribution is 7.99. The Morgan fingerprint density at radius 3 is 2.96 bits per heavy atom. The molecule has 0 saturated heterocycles. The van der Waals surface area contributed by atoms with Gasteiger partial charge in [0.15, 0.2) is 5.16 Å². The van der Waals surface area contributed by atoms with Crippen LogP contribution in [0.25, 0.3) is 11.0 Å². The molecule has 0 saturated carbocycles. The van der Waals surface area contributed by atoms with E-state index in [1.165, 1.54) is 18.0 Å². The molecule has 3 N–H and O–H groups in total. The summed E-state index contributed by atoms with van der Waals surface area (Å²) in [6.45, 7) is 1.68. The van der Waals surface area contributed by atoms with E-state index in [1.807, 2.05) is 24.3 Å². The van der Waals surface area contributed by atoms with E-state index in [0.29, 0.717) is 10.9 Å². The second-order valence-electron chi connectivity index (χ2n) is 5.38. The van der Waals surface area contributed by atoms with Crippen molar-refractivity contribution in [2.24, 2.45) is 0 Å². The van der Waals surface area contributed by atoms with E-state index in [2.05, 4.69) is 15.3 Å². The van der Waals surface area contributed by atoms with Crippen molar-refractivity contribution in [2.45, 2.75) is 17.7 Å². The van der Waals surface area contributed by atoms with E-state index in [-0.39, 0.29) is 18.2 Å². The second-order valence-corrected chi connectivity index (χ2v) is 6.34. The molecular formula is C16H17N3O3S. The molecule has 23 heavy (non-hydrogen) atoms. The first-order valence-electron chi connectivity index (χ1n) is 7.15. The molecule has 0 aliphatic carbocycles. The van der Waals surface area contributed by atoms with Gasteiger partial charge < -0.3 is 19.8 Å². The molecule has 3 aromatic rings. The first-order chi connectivity index (χ1) is 11.0. The minimum Gasteiger partial charge on any atom is -0.466 e. The zero-order chi connectivity index (χ0) is 16.3. The average molecular weight is 331 g/mol. The molecule has 0 aliphatic rings. The Bertz CT molecular complexity index is 763. The number of benzene rings is 1. The van der Waals surface area contributed by atoms with Gasteiger partial charge >= 0.3 is 0 Å². The number of hydrogen-bond donors (Lipinski definition) is 3. The normalized spacial score (nSPS) is 13.8. The molecule has 2 aromatic heterocycles. The van der Waals surface area contributed by atoms with Crippen LogP contribution in [0.4, 0.5) is 0 Å². The minimum absolute atomic E-state index is 0.0834. The smallest absolute Gasteiger partial charge is 0.230 e. The maximum Gasteiger partial charge on any atom is 0.230 e. The topological polar surface area (TPSA) is 91.1 Å². The lowest BCUT2D eigenvalue weighted by molar-refractivity contribution is -0.119. The van der Waals surface area contributed by atoms with Crippen molar-refractivity contribution >= 4 is 28.7 Å². The summed E-state index contributed by atoms with van der Waals surface area (Å²) >= 11 is 1.32. The molecule has 1 aromatic carbocycles. The molecule has 7 heteroatoms. The Morgan fingerprint density at radius 1 is 1.39 bits per heavy atom. The van der Waals surface area contributed by atoms with Crippen molar-refractivity contribution < 1.29 is 14.3 Å². The number of para-hydroxylation sites is 2. The number of rotatable bonds is 6. The Labute approximate surface area is 137 Å². The summed E-state index contributed by atoms with van der Waals surface area (Å²) in [5, 5.41) is 13.7. The van der Waals surface area contributed by atoms with Crippen LogP contribution in [-0.2, 0) is 10.4 Å². The van der Waals surface area contributed by atoms with Crippen molar-refractivity contribution in [3.05, 3.63) is 48.4 Å². The van der Waals surface area contributed by atoms with Gasteiger partial charge in [0.2, 0.25) is 5.91 Å². The number of nitrogens with one attached hydrogen (secondary N) is 2. The number of aromatic amines is 1. The molecular weight excluding hydrogens is 314 g/mol. The van der Waals surface area contributed by atoms with Crippen LogP contribution in [0.5, 0.6) is 0 Å². The van der Waals surface area contributed by atoms with Crippen LogP contribution in [0.3, 0.4) is 0 Å². The predicted molar refractivity (Wildman–Crippen MR) is 88.1 cm³/mol. The molecule has 0 aliphatic heterocycles. The molecule has 0 radical (unpaired) electrons. The SMILES string of the molecule is CC(O)(CNC(=O)CSc1nc2ccccc2[nH]1)c1ccco1. The summed E-state index contributed by atoms with van der Waals surface area (Å²) in [5.74, 6) is 0.457. The van der Waals surface area contributed by atoms with Crippen LogP contribution in [0.1, 0.15) is 12.7 Å². The fraction of sp³-hybridized carbons (Fsp3) is 0.250. The molecule has 120 valence electrons. The van der Waals surface area contributed by atoms with Gasteiger partial charge in [0, 0.05) is 0 Å². The number of hydrogen-bond acceptors (Lipinski definition) is 5. The van der Waals surface area contributed by atoms with Gasteiger partial charge in [0.1, 0.15) is 11.4 Å². The number of fused-ring (bicyclic) bond motifs is 1. The highest BCUT2D eigenvalue weighted by atomic mass is 32.2. The number of nitrogens with zero attached hydrogens (tertiary/aromatic N) is 1. The Kier molecular flexibility index (Phi) is 4.40. The highest BCUT2D eigenvalue weighted by Crippen LogP contribution is 2.21. The number of amides is 1. The molecule has 2 heterocycles. The third-order valence-electron chi connectivity index (χ3n) is 3.39. The number of aliphatic hydroxyl groups is 1. The second kappa shape index (κ2) is 6.47. The van der Waals surface area contributed by atoms with E-state index in [1.54, 1.807) is 19.1 Å². The average Bonchev–Trinajstić information content (AvgIpc) is 3.20. The minimum atomic E-state index is -1.23. The lowest BCUT2D eigenvalue weighted by atomic mass is 10.0. The first kappa shape index (κ1) is 15.6. The van der Waals surface area contributed by atoms with E-state index in [4.69, 9.17) is 4.42 Å². The van der Waals surface area contributed by atoms with Crippen molar-refractivity contribution in [1.82, 2.24) is 15.3 Å². The zero-order valence-electron chi connectivity index (χ0n) is 12.6. The van der Waals surface area contributed by atoms with Crippen LogP contribution in [0.15, 0.2) is 52.2 Å². The van der Waals surface area contributed by atoms with Crippen LogP contribution in [-0.4, -0.2) is 33.3 Å². The largest absolute Gasteiger partial charge is 0.466 e. The molecule has 1 amide bonds. The maximum atomic E-state index is 11.9. The van der Waals surface area contributed by atoms with Crippen molar-refractivity contribution in [3.63, 3.8) is 0 Å². The number of carbonyl (C=O) groups is 1. The van der Waals surface area contributed by atoms with Crippen LogP contribution in [0, 0.1) is 0 Å².